The third-order valence-corrected chi connectivity index (χ3v) is 5.04. The quantitative estimate of drug-likeness (QED) is 0.890. The minimum absolute atomic E-state index is 0.402. The largest absolute Gasteiger partial charge is 0.508 e. The fraction of sp³-hybridized carbons (Fsp3) is 0.368. The van der Waals surface area contributed by atoms with Crippen molar-refractivity contribution in [3.05, 3.63) is 65.2 Å². The van der Waals surface area contributed by atoms with Gasteiger partial charge in [0.1, 0.15) is 5.75 Å². The fourth-order valence-corrected chi connectivity index (χ4v) is 4.07. The summed E-state index contributed by atoms with van der Waals surface area (Å²) in [4.78, 5) is 2.60. The van der Waals surface area contributed by atoms with Gasteiger partial charge in [0, 0.05) is 12.6 Å². The summed E-state index contributed by atoms with van der Waals surface area (Å²) in [6.45, 7) is 2.17. The minimum atomic E-state index is 0.402. The molecule has 1 saturated heterocycles. The van der Waals surface area contributed by atoms with E-state index in [0.717, 1.165) is 13.1 Å². The first-order chi connectivity index (χ1) is 10.3. The summed E-state index contributed by atoms with van der Waals surface area (Å²) < 4.78 is 0. The molecular formula is C19H21NO. The Morgan fingerprint density at radius 1 is 1.05 bits per heavy atom. The van der Waals surface area contributed by atoms with Gasteiger partial charge in [-0.1, -0.05) is 36.4 Å². The summed E-state index contributed by atoms with van der Waals surface area (Å²) in [5.41, 5.74) is 4.20. The molecule has 2 aliphatic rings. The van der Waals surface area contributed by atoms with Crippen molar-refractivity contribution in [3.63, 3.8) is 0 Å². The number of rotatable bonds is 2. The molecule has 1 aliphatic carbocycles. The van der Waals surface area contributed by atoms with E-state index in [2.05, 4.69) is 41.3 Å². The van der Waals surface area contributed by atoms with Crippen molar-refractivity contribution in [1.29, 1.82) is 0 Å². The van der Waals surface area contributed by atoms with Crippen molar-refractivity contribution in [1.82, 2.24) is 4.90 Å². The number of phenols is 1. The molecule has 21 heavy (non-hydrogen) atoms. The summed E-state index contributed by atoms with van der Waals surface area (Å²) >= 11 is 0. The van der Waals surface area contributed by atoms with Gasteiger partial charge in [0.05, 0.1) is 0 Å². The molecule has 1 aliphatic heterocycles. The number of fused-ring (bicyclic) bond motifs is 5. The van der Waals surface area contributed by atoms with Crippen molar-refractivity contribution in [2.24, 2.45) is 0 Å². The summed E-state index contributed by atoms with van der Waals surface area (Å²) in [6, 6.07) is 17.2. The highest BCUT2D eigenvalue weighted by molar-refractivity contribution is 5.43. The van der Waals surface area contributed by atoms with E-state index in [1.54, 1.807) is 0 Å². The Morgan fingerprint density at radius 3 is 2.76 bits per heavy atom. The first-order valence-electron chi connectivity index (χ1n) is 7.92. The Labute approximate surface area is 126 Å². The summed E-state index contributed by atoms with van der Waals surface area (Å²) in [5, 5.41) is 9.84. The lowest BCUT2D eigenvalue weighted by Gasteiger charge is -2.29. The Balaban J connectivity index is 1.67. The zero-order chi connectivity index (χ0) is 14.2. The van der Waals surface area contributed by atoms with Crippen LogP contribution in [0.4, 0.5) is 0 Å². The second-order valence-corrected chi connectivity index (χ2v) is 6.36. The predicted octanol–water partition coefficient (Wildman–Crippen LogP) is 4.22. The lowest BCUT2D eigenvalue weighted by atomic mass is 9.96. The molecule has 2 aromatic rings. The highest BCUT2D eigenvalue weighted by Crippen LogP contribution is 2.49. The molecule has 1 heterocycles. The van der Waals surface area contributed by atoms with Crippen LogP contribution in [0.1, 0.15) is 47.9 Å². The summed E-state index contributed by atoms with van der Waals surface area (Å²) in [7, 11) is 0. The zero-order valence-corrected chi connectivity index (χ0v) is 12.2. The number of nitrogens with zero attached hydrogens (tertiary/aromatic N) is 1. The first kappa shape index (κ1) is 12.9. The van der Waals surface area contributed by atoms with Gasteiger partial charge in [-0.05, 0) is 60.5 Å². The van der Waals surface area contributed by atoms with Gasteiger partial charge in [-0.2, -0.15) is 0 Å². The van der Waals surface area contributed by atoms with E-state index in [0.29, 0.717) is 17.7 Å². The van der Waals surface area contributed by atoms with E-state index in [4.69, 9.17) is 0 Å². The highest BCUT2D eigenvalue weighted by atomic mass is 16.3. The molecule has 0 aromatic heterocycles. The lowest BCUT2D eigenvalue weighted by Crippen LogP contribution is -2.27. The van der Waals surface area contributed by atoms with Crippen molar-refractivity contribution in [3.8, 4) is 5.75 Å². The number of benzene rings is 2. The monoisotopic (exact) mass is 279 g/mol. The van der Waals surface area contributed by atoms with Crippen LogP contribution in [0, 0.1) is 0 Å². The van der Waals surface area contributed by atoms with Gasteiger partial charge in [0.2, 0.25) is 0 Å². The van der Waals surface area contributed by atoms with Crippen molar-refractivity contribution in [2.75, 3.05) is 6.54 Å². The summed E-state index contributed by atoms with van der Waals surface area (Å²) in [6.07, 6.45) is 3.76. The smallest absolute Gasteiger partial charge is 0.115 e. The molecule has 1 fully saturated rings. The Hall–Kier alpha value is -1.80. The van der Waals surface area contributed by atoms with Crippen molar-refractivity contribution in [2.45, 2.75) is 37.8 Å². The van der Waals surface area contributed by atoms with E-state index in [1.165, 1.54) is 36.0 Å². The molecule has 108 valence electrons. The van der Waals surface area contributed by atoms with Crippen LogP contribution in [0.3, 0.4) is 0 Å². The normalized spacial score (nSPS) is 24.6. The maximum Gasteiger partial charge on any atom is 0.115 e. The number of likely N-dealkylation sites (tertiary alicyclic amines) is 1. The second-order valence-electron chi connectivity index (χ2n) is 6.36. The molecule has 2 atom stereocenters. The first-order valence-corrected chi connectivity index (χ1v) is 7.92. The van der Waals surface area contributed by atoms with Gasteiger partial charge in [0.25, 0.3) is 0 Å². The third-order valence-electron chi connectivity index (χ3n) is 5.04. The van der Waals surface area contributed by atoms with Crippen molar-refractivity contribution >= 4 is 0 Å². The Bertz CT molecular complexity index is 637. The van der Waals surface area contributed by atoms with Crippen LogP contribution in [0.2, 0.25) is 0 Å². The van der Waals surface area contributed by atoms with Crippen LogP contribution >= 0.6 is 0 Å². The number of hydrogen-bond acceptors (Lipinski definition) is 2. The average Bonchev–Trinajstić information content (AvgIpc) is 2.71. The van der Waals surface area contributed by atoms with E-state index < -0.39 is 0 Å². The van der Waals surface area contributed by atoms with E-state index in [9.17, 15) is 5.11 Å². The van der Waals surface area contributed by atoms with Gasteiger partial charge < -0.3 is 5.11 Å². The van der Waals surface area contributed by atoms with Gasteiger partial charge in [-0.15, -0.1) is 0 Å². The SMILES string of the molecule is Oc1ccc2c(c1)[C@H]1CC2CCCN1Cc1ccccc1. The standard InChI is InChI=1S/C19H21NO/c21-16-8-9-17-15-7-4-10-20(19(11-15)18(17)12-16)13-14-5-2-1-3-6-14/h1-3,5-6,8-9,12,15,19,21H,4,7,10-11,13H2/t15?,19-/m1/s1. The molecule has 2 aromatic carbocycles. The highest BCUT2D eigenvalue weighted by Gasteiger charge is 2.36. The summed E-state index contributed by atoms with van der Waals surface area (Å²) in [5.74, 6) is 1.09. The van der Waals surface area contributed by atoms with Gasteiger partial charge in [-0.25, -0.2) is 0 Å². The van der Waals surface area contributed by atoms with E-state index in [-0.39, 0.29) is 0 Å². The Kier molecular flexibility index (Phi) is 3.19. The predicted molar refractivity (Wildman–Crippen MR) is 84.3 cm³/mol. The van der Waals surface area contributed by atoms with Crippen LogP contribution in [0.25, 0.3) is 0 Å². The van der Waals surface area contributed by atoms with Crippen LogP contribution in [-0.2, 0) is 6.54 Å². The molecule has 2 heteroatoms. The van der Waals surface area contributed by atoms with Crippen molar-refractivity contribution < 1.29 is 5.11 Å². The van der Waals surface area contributed by atoms with Gasteiger partial charge in [-0.3, -0.25) is 4.90 Å². The van der Waals surface area contributed by atoms with Gasteiger partial charge in [0.15, 0.2) is 0 Å². The Morgan fingerprint density at radius 2 is 1.90 bits per heavy atom. The van der Waals surface area contributed by atoms with Crippen LogP contribution in [-0.4, -0.2) is 16.6 Å². The van der Waals surface area contributed by atoms with Gasteiger partial charge >= 0.3 is 0 Å². The molecular weight excluding hydrogens is 258 g/mol. The second kappa shape index (κ2) is 5.19. The molecule has 2 nitrogen and oxygen atoms in total. The van der Waals surface area contributed by atoms with E-state index in [1.807, 2.05) is 12.1 Å². The number of hydrogen-bond donors (Lipinski definition) is 1. The molecule has 0 saturated carbocycles. The maximum absolute atomic E-state index is 9.84. The molecule has 1 N–H and O–H groups in total. The van der Waals surface area contributed by atoms with Crippen LogP contribution < -0.4 is 0 Å². The maximum atomic E-state index is 9.84. The van der Waals surface area contributed by atoms with Crippen LogP contribution in [0.15, 0.2) is 48.5 Å². The molecule has 0 spiro atoms. The zero-order valence-electron chi connectivity index (χ0n) is 12.2. The molecule has 2 bridgehead atoms. The molecule has 1 unspecified atom stereocenters. The molecule has 0 amide bonds. The minimum Gasteiger partial charge on any atom is -0.508 e. The third kappa shape index (κ3) is 2.34. The molecule has 4 rings (SSSR count). The number of aromatic hydroxyl groups is 1. The number of phenolic OH excluding ortho intramolecular Hbond substituents is 1. The molecule has 0 radical (unpaired) electrons. The lowest BCUT2D eigenvalue weighted by molar-refractivity contribution is 0.197. The van der Waals surface area contributed by atoms with Crippen LogP contribution in [0.5, 0.6) is 5.75 Å². The topological polar surface area (TPSA) is 23.5 Å². The average molecular weight is 279 g/mol. The fourth-order valence-electron chi connectivity index (χ4n) is 4.07. The van der Waals surface area contributed by atoms with E-state index >= 15 is 0 Å².